The van der Waals surface area contributed by atoms with Crippen molar-refractivity contribution in [3.8, 4) is 0 Å². The normalized spacial score (nSPS) is 10.8. The van der Waals surface area contributed by atoms with Crippen LogP contribution in [0.4, 0.5) is 0 Å². The number of H-pyrrole nitrogens is 1. The zero-order valence-electron chi connectivity index (χ0n) is 8.51. The molecule has 0 spiro atoms. The third kappa shape index (κ3) is 1.21. The molecule has 3 heteroatoms. The van der Waals surface area contributed by atoms with Crippen LogP contribution in [0, 0.1) is 20.8 Å². The molecule has 2 aromatic rings. The molecule has 0 aromatic carbocycles. The number of hydrogen-bond donors (Lipinski definition) is 1. The molecule has 0 saturated heterocycles. The van der Waals surface area contributed by atoms with Gasteiger partial charge < -0.3 is 4.98 Å². The molecule has 0 fully saturated rings. The smallest absolute Gasteiger partial charge is 0.249 e. The number of hydrogen-bond acceptors (Lipinski definition) is 2. The summed E-state index contributed by atoms with van der Waals surface area (Å²) in [7, 11) is 0. The third-order valence-electron chi connectivity index (χ3n) is 2.69. The Morgan fingerprint density at radius 1 is 1.14 bits per heavy atom. The number of aryl methyl sites for hydroxylation is 2. The summed E-state index contributed by atoms with van der Waals surface area (Å²) in [4.78, 5) is 18.2. The van der Waals surface area contributed by atoms with Gasteiger partial charge in [0.1, 0.15) is 5.65 Å². The minimum absolute atomic E-state index is 0.104. The molecule has 0 aliphatic rings. The van der Waals surface area contributed by atoms with Crippen LogP contribution >= 0.6 is 0 Å². The fraction of sp³-hybridized carbons (Fsp3) is 0.273. The van der Waals surface area contributed by atoms with Crippen LogP contribution in [0.1, 0.15) is 16.8 Å². The van der Waals surface area contributed by atoms with Crippen molar-refractivity contribution < 1.29 is 0 Å². The second-order valence-corrected chi connectivity index (χ2v) is 3.53. The molecule has 0 aliphatic carbocycles. The van der Waals surface area contributed by atoms with E-state index in [-0.39, 0.29) is 5.56 Å². The van der Waals surface area contributed by atoms with Crippen molar-refractivity contribution in [2.75, 3.05) is 0 Å². The number of nitrogens with zero attached hydrogens (tertiary/aromatic N) is 1. The van der Waals surface area contributed by atoms with E-state index in [0.717, 1.165) is 11.1 Å². The molecular formula is C11H12N2O. The molecule has 0 bridgehead atoms. The molecule has 0 amide bonds. The van der Waals surface area contributed by atoms with Crippen LogP contribution in [0.2, 0.25) is 0 Å². The highest BCUT2D eigenvalue weighted by molar-refractivity contribution is 5.79. The van der Waals surface area contributed by atoms with Gasteiger partial charge in [-0.2, -0.15) is 0 Å². The van der Waals surface area contributed by atoms with Crippen LogP contribution in [0.25, 0.3) is 11.0 Å². The average molecular weight is 188 g/mol. The molecule has 2 aromatic heterocycles. The summed E-state index contributed by atoms with van der Waals surface area (Å²) in [5.74, 6) is 0. The summed E-state index contributed by atoms with van der Waals surface area (Å²) in [5, 5.41) is 1.02. The molecule has 1 N–H and O–H groups in total. The van der Waals surface area contributed by atoms with Crippen molar-refractivity contribution in [1.82, 2.24) is 9.97 Å². The number of rotatable bonds is 0. The number of aromatic amines is 1. The fourth-order valence-electron chi connectivity index (χ4n) is 1.58. The molecule has 72 valence electrons. The first-order valence-electron chi connectivity index (χ1n) is 4.56. The van der Waals surface area contributed by atoms with E-state index in [4.69, 9.17) is 0 Å². The quantitative estimate of drug-likeness (QED) is 0.685. The lowest BCUT2D eigenvalue weighted by atomic mass is 10.1. The second-order valence-electron chi connectivity index (χ2n) is 3.53. The van der Waals surface area contributed by atoms with Crippen LogP contribution in [-0.2, 0) is 0 Å². The summed E-state index contributed by atoms with van der Waals surface area (Å²) in [5.41, 5.74) is 3.91. The summed E-state index contributed by atoms with van der Waals surface area (Å²) < 4.78 is 0. The predicted molar refractivity (Wildman–Crippen MR) is 56.6 cm³/mol. The van der Waals surface area contributed by atoms with Gasteiger partial charge >= 0.3 is 0 Å². The van der Waals surface area contributed by atoms with E-state index < -0.39 is 0 Å². The molecule has 2 heterocycles. The van der Waals surface area contributed by atoms with E-state index >= 15 is 0 Å². The SMILES string of the molecule is Cc1nc2[nH]c(=O)ccc2c(C)c1C. The van der Waals surface area contributed by atoms with E-state index in [9.17, 15) is 4.79 Å². The van der Waals surface area contributed by atoms with Crippen LogP contribution in [0.15, 0.2) is 16.9 Å². The Bertz CT molecular complexity index is 555. The Labute approximate surface area is 81.8 Å². The Morgan fingerprint density at radius 3 is 2.57 bits per heavy atom. The minimum atomic E-state index is -0.104. The Hall–Kier alpha value is -1.64. The highest BCUT2D eigenvalue weighted by Gasteiger charge is 2.05. The molecule has 14 heavy (non-hydrogen) atoms. The lowest BCUT2D eigenvalue weighted by Crippen LogP contribution is -2.05. The predicted octanol–water partition coefficient (Wildman–Crippen LogP) is 1.85. The average Bonchev–Trinajstić information content (AvgIpc) is 2.14. The maximum absolute atomic E-state index is 11.1. The summed E-state index contributed by atoms with van der Waals surface area (Å²) in [6, 6.07) is 3.36. The van der Waals surface area contributed by atoms with Crippen molar-refractivity contribution in [3.05, 3.63) is 39.3 Å². The lowest BCUT2D eigenvalue weighted by molar-refractivity contribution is 1.12. The molecule has 0 radical (unpaired) electrons. The van der Waals surface area contributed by atoms with Gasteiger partial charge in [0.25, 0.3) is 0 Å². The Morgan fingerprint density at radius 2 is 1.86 bits per heavy atom. The van der Waals surface area contributed by atoms with Crippen LogP contribution in [-0.4, -0.2) is 9.97 Å². The Balaban J connectivity index is 2.98. The van der Waals surface area contributed by atoms with Crippen molar-refractivity contribution in [1.29, 1.82) is 0 Å². The number of fused-ring (bicyclic) bond motifs is 1. The first kappa shape index (κ1) is 8.94. The van der Waals surface area contributed by atoms with Crippen LogP contribution < -0.4 is 5.56 Å². The lowest BCUT2D eigenvalue weighted by Gasteiger charge is -2.07. The first-order valence-corrected chi connectivity index (χ1v) is 4.56. The number of pyridine rings is 2. The van der Waals surface area contributed by atoms with Gasteiger partial charge in [-0.05, 0) is 38.0 Å². The Kier molecular flexibility index (Phi) is 1.88. The molecule has 0 unspecified atom stereocenters. The zero-order valence-corrected chi connectivity index (χ0v) is 8.51. The third-order valence-corrected chi connectivity index (χ3v) is 2.69. The maximum atomic E-state index is 11.1. The van der Waals surface area contributed by atoms with E-state index in [2.05, 4.69) is 9.97 Å². The molecular weight excluding hydrogens is 176 g/mol. The van der Waals surface area contributed by atoms with Crippen molar-refractivity contribution in [2.45, 2.75) is 20.8 Å². The van der Waals surface area contributed by atoms with Crippen molar-refractivity contribution in [3.63, 3.8) is 0 Å². The van der Waals surface area contributed by atoms with Gasteiger partial charge in [0.15, 0.2) is 0 Å². The molecule has 0 aliphatic heterocycles. The van der Waals surface area contributed by atoms with Gasteiger partial charge in [0.2, 0.25) is 5.56 Å². The molecule has 3 nitrogen and oxygen atoms in total. The molecule has 2 rings (SSSR count). The number of nitrogens with one attached hydrogen (secondary N) is 1. The van der Waals surface area contributed by atoms with Gasteiger partial charge in [-0.25, -0.2) is 4.98 Å². The molecule has 0 saturated carbocycles. The van der Waals surface area contributed by atoms with Gasteiger partial charge in [0, 0.05) is 17.1 Å². The topological polar surface area (TPSA) is 45.8 Å². The van der Waals surface area contributed by atoms with E-state index in [1.54, 1.807) is 0 Å². The highest BCUT2D eigenvalue weighted by atomic mass is 16.1. The van der Waals surface area contributed by atoms with E-state index in [0.29, 0.717) is 5.65 Å². The number of aromatic nitrogens is 2. The zero-order chi connectivity index (χ0) is 10.3. The minimum Gasteiger partial charge on any atom is -0.307 e. The maximum Gasteiger partial charge on any atom is 0.249 e. The summed E-state index contributed by atoms with van der Waals surface area (Å²) >= 11 is 0. The fourth-order valence-corrected chi connectivity index (χ4v) is 1.58. The van der Waals surface area contributed by atoms with Gasteiger partial charge in [-0.15, -0.1) is 0 Å². The summed E-state index contributed by atoms with van der Waals surface area (Å²) in [6.45, 7) is 6.04. The first-order chi connectivity index (χ1) is 6.59. The van der Waals surface area contributed by atoms with Gasteiger partial charge in [0.05, 0.1) is 0 Å². The highest BCUT2D eigenvalue weighted by Crippen LogP contribution is 2.18. The van der Waals surface area contributed by atoms with Gasteiger partial charge in [-0.1, -0.05) is 0 Å². The van der Waals surface area contributed by atoms with Crippen molar-refractivity contribution >= 4 is 11.0 Å². The van der Waals surface area contributed by atoms with E-state index in [1.165, 1.54) is 17.2 Å². The summed E-state index contributed by atoms with van der Waals surface area (Å²) in [6.07, 6.45) is 0. The van der Waals surface area contributed by atoms with E-state index in [1.807, 2.05) is 26.8 Å². The van der Waals surface area contributed by atoms with Gasteiger partial charge in [-0.3, -0.25) is 4.79 Å². The molecule has 0 atom stereocenters. The van der Waals surface area contributed by atoms with Crippen LogP contribution in [0.3, 0.4) is 0 Å². The monoisotopic (exact) mass is 188 g/mol. The standard InChI is InChI=1S/C11H12N2O/c1-6-7(2)9-4-5-10(14)13-11(9)12-8(6)3/h4-5H,1-3H3,(H,12,13,14). The van der Waals surface area contributed by atoms with Crippen molar-refractivity contribution in [2.24, 2.45) is 0 Å². The van der Waals surface area contributed by atoms with Crippen LogP contribution in [0.5, 0.6) is 0 Å². The second kappa shape index (κ2) is 2.94. The largest absolute Gasteiger partial charge is 0.307 e.